The number of quaternary nitrogens is 1. The van der Waals surface area contributed by atoms with Crippen LogP contribution in [-0.4, -0.2) is 80.6 Å². The number of ether oxygens (including phenoxy) is 3. The highest BCUT2D eigenvalue weighted by atomic mass is 16.6. The lowest BCUT2D eigenvalue weighted by atomic mass is 10.0. The van der Waals surface area contributed by atoms with Gasteiger partial charge in [-0.2, -0.15) is 0 Å². The average molecular weight is 727 g/mol. The first kappa shape index (κ1) is 49.3. The maximum Gasteiger partial charge on any atom is 0.362 e. The third kappa shape index (κ3) is 33.9. The van der Waals surface area contributed by atoms with Crippen LogP contribution in [0.2, 0.25) is 0 Å². The van der Waals surface area contributed by atoms with Gasteiger partial charge in [-0.25, -0.2) is 4.79 Å². The molecule has 0 fully saturated rings. The molecule has 1 N–H and O–H groups in total. The number of rotatable bonds is 39. The van der Waals surface area contributed by atoms with Crippen LogP contribution in [0, 0.1) is 0 Å². The fraction of sp³-hybridized carbons (Fsp3) is 0.930. The molecule has 8 nitrogen and oxygen atoms in total. The number of hydrogen-bond donors (Lipinski definition) is 1. The molecule has 0 aromatic heterocycles. The number of carboxylic acids is 1. The van der Waals surface area contributed by atoms with Crippen molar-refractivity contribution in [3.63, 3.8) is 0 Å². The van der Waals surface area contributed by atoms with Crippen LogP contribution in [0.5, 0.6) is 0 Å². The molecule has 0 heterocycles. The summed E-state index contributed by atoms with van der Waals surface area (Å²) >= 11 is 0. The summed E-state index contributed by atoms with van der Waals surface area (Å²) in [6, 6.07) is -0.607. The van der Waals surface area contributed by atoms with Crippen molar-refractivity contribution >= 4 is 17.9 Å². The minimum absolute atomic E-state index is 0.0422. The molecule has 0 aliphatic carbocycles. The smallest absolute Gasteiger partial charge is 0.362 e. The summed E-state index contributed by atoms with van der Waals surface area (Å²) < 4.78 is 17.3. The van der Waals surface area contributed by atoms with Crippen LogP contribution in [0.1, 0.15) is 206 Å². The molecule has 0 saturated carbocycles. The van der Waals surface area contributed by atoms with Crippen molar-refractivity contribution in [2.24, 2.45) is 0 Å². The van der Waals surface area contributed by atoms with Gasteiger partial charge < -0.3 is 23.8 Å². The Hall–Kier alpha value is -1.67. The van der Waals surface area contributed by atoms with Gasteiger partial charge in [0, 0.05) is 19.3 Å². The molecule has 0 amide bonds. The second kappa shape index (κ2) is 35.4. The third-order valence-electron chi connectivity index (χ3n) is 10.0. The minimum Gasteiger partial charge on any atom is -0.477 e. The van der Waals surface area contributed by atoms with Crippen molar-refractivity contribution in [2.45, 2.75) is 219 Å². The Morgan fingerprint density at radius 1 is 0.510 bits per heavy atom. The first-order chi connectivity index (χ1) is 24.6. The zero-order valence-electron chi connectivity index (χ0n) is 34.3. The highest BCUT2D eigenvalue weighted by Gasteiger charge is 2.31. The van der Waals surface area contributed by atoms with Gasteiger partial charge in [0.25, 0.3) is 0 Å². The average Bonchev–Trinajstić information content (AvgIpc) is 3.08. The van der Waals surface area contributed by atoms with E-state index in [9.17, 15) is 19.5 Å². The Morgan fingerprint density at radius 3 is 1.22 bits per heavy atom. The summed E-state index contributed by atoms with van der Waals surface area (Å²) in [5.41, 5.74) is 0. The molecule has 0 rings (SSSR count). The molecule has 0 saturated heterocycles. The molecule has 0 aliphatic heterocycles. The Morgan fingerprint density at radius 2 is 0.863 bits per heavy atom. The highest BCUT2D eigenvalue weighted by molar-refractivity contribution is 5.72. The molecule has 2 atom stereocenters. The zero-order valence-corrected chi connectivity index (χ0v) is 34.3. The van der Waals surface area contributed by atoms with Gasteiger partial charge in [0.1, 0.15) is 6.61 Å². The van der Waals surface area contributed by atoms with Crippen LogP contribution in [0.25, 0.3) is 0 Å². The minimum atomic E-state index is -0.871. The predicted octanol–water partition coefficient (Wildman–Crippen LogP) is 11.4. The summed E-state index contributed by atoms with van der Waals surface area (Å²) in [6.45, 7) is 4.76. The monoisotopic (exact) mass is 727 g/mol. The van der Waals surface area contributed by atoms with Crippen molar-refractivity contribution in [1.29, 1.82) is 0 Å². The maximum atomic E-state index is 12.7. The van der Waals surface area contributed by atoms with E-state index in [4.69, 9.17) is 14.2 Å². The van der Waals surface area contributed by atoms with Crippen molar-refractivity contribution < 1.29 is 38.2 Å². The second-order valence-electron chi connectivity index (χ2n) is 16.0. The van der Waals surface area contributed by atoms with Crippen LogP contribution >= 0.6 is 0 Å². The van der Waals surface area contributed by atoms with Gasteiger partial charge in [0.2, 0.25) is 0 Å². The van der Waals surface area contributed by atoms with Gasteiger partial charge in [-0.1, -0.05) is 174 Å². The van der Waals surface area contributed by atoms with Gasteiger partial charge >= 0.3 is 17.9 Å². The first-order valence-electron chi connectivity index (χ1n) is 21.6. The van der Waals surface area contributed by atoms with Crippen LogP contribution < -0.4 is 0 Å². The van der Waals surface area contributed by atoms with Crippen LogP contribution in [0.4, 0.5) is 0 Å². The summed E-state index contributed by atoms with van der Waals surface area (Å²) in [6.07, 6.45) is 34.2. The number of carboxylic acid groups (broad SMARTS) is 1. The van der Waals surface area contributed by atoms with E-state index in [2.05, 4.69) is 13.8 Å². The molecule has 302 valence electrons. The zero-order chi connectivity index (χ0) is 37.8. The normalized spacial score (nSPS) is 12.9. The van der Waals surface area contributed by atoms with Gasteiger partial charge in [-0.15, -0.1) is 0 Å². The van der Waals surface area contributed by atoms with E-state index >= 15 is 0 Å². The van der Waals surface area contributed by atoms with Crippen molar-refractivity contribution in [3.05, 3.63) is 0 Å². The van der Waals surface area contributed by atoms with E-state index in [1.54, 1.807) is 0 Å². The van der Waals surface area contributed by atoms with Crippen LogP contribution in [0.15, 0.2) is 0 Å². The Kier molecular flexibility index (Phi) is 34.2. The Balaban J connectivity index is 4.32. The summed E-state index contributed by atoms with van der Waals surface area (Å²) in [7, 11) is 5.53. The quantitative estimate of drug-likeness (QED) is 0.0382. The molecule has 0 radical (unpaired) electrons. The third-order valence-corrected chi connectivity index (χ3v) is 10.0. The Labute approximate surface area is 315 Å². The largest absolute Gasteiger partial charge is 0.477 e. The van der Waals surface area contributed by atoms with E-state index < -0.39 is 18.1 Å². The molecule has 0 aromatic carbocycles. The standard InChI is InChI=1S/C43H83NO7/c1-6-8-10-12-14-16-18-20-22-24-26-28-30-32-34-42(46)51-39(37-49-36-35-40(43(47)48)44(3,4)5)38-50-41(45)33-31-29-27-25-23-21-19-17-15-13-11-9-7-2/h39-40H,6-38H2,1-5H3/p+1. The van der Waals surface area contributed by atoms with Crippen molar-refractivity contribution in [3.8, 4) is 0 Å². The number of hydrogen-bond acceptors (Lipinski definition) is 6. The number of carbonyl (C=O) groups excluding carboxylic acids is 2. The highest BCUT2D eigenvalue weighted by Crippen LogP contribution is 2.16. The second-order valence-corrected chi connectivity index (χ2v) is 16.0. The van der Waals surface area contributed by atoms with E-state index in [-0.39, 0.29) is 36.2 Å². The number of aliphatic carboxylic acids is 1. The van der Waals surface area contributed by atoms with Gasteiger partial charge in [0.05, 0.1) is 34.4 Å². The lowest BCUT2D eigenvalue weighted by molar-refractivity contribution is -0.887. The fourth-order valence-electron chi connectivity index (χ4n) is 6.62. The number of esters is 2. The van der Waals surface area contributed by atoms with Crippen molar-refractivity contribution in [1.82, 2.24) is 0 Å². The SMILES string of the molecule is CCCCCCCCCCCCCCCCC(=O)OC(COCCC(C(=O)O)[N+](C)(C)C)COC(=O)CCCCCCCCCCCCCCC. The molecule has 0 spiro atoms. The fourth-order valence-corrected chi connectivity index (χ4v) is 6.62. The number of unbranched alkanes of at least 4 members (excludes halogenated alkanes) is 25. The molecular weight excluding hydrogens is 642 g/mol. The summed E-state index contributed by atoms with van der Waals surface area (Å²) in [4.78, 5) is 36.9. The van der Waals surface area contributed by atoms with Gasteiger partial charge in [-0.05, 0) is 12.8 Å². The van der Waals surface area contributed by atoms with Gasteiger partial charge in [-0.3, -0.25) is 9.59 Å². The van der Waals surface area contributed by atoms with Crippen molar-refractivity contribution in [2.75, 3.05) is 41.0 Å². The lowest BCUT2D eigenvalue weighted by Crippen LogP contribution is -2.50. The maximum absolute atomic E-state index is 12.7. The summed E-state index contributed by atoms with van der Waals surface area (Å²) in [5.74, 6) is -1.45. The molecule has 0 aliphatic rings. The number of likely N-dealkylation sites (N-methyl/N-ethyl adjacent to an activating group) is 1. The van der Waals surface area contributed by atoms with Gasteiger partial charge in [0.15, 0.2) is 12.1 Å². The van der Waals surface area contributed by atoms with Crippen LogP contribution in [0.3, 0.4) is 0 Å². The van der Waals surface area contributed by atoms with E-state index in [0.29, 0.717) is 19.3 Å². The van der Waals surface area contributed by atoms with Crippen LogP contribution in [-0.2, 0) is 28.6 Å². The van der Waals surface area contributed by atoms with E-state index in [1.807, 2.05) is 21.1 Å². The molecule has 2 unspecified atom stereocenters. The van der Waals surface area contributed by atoms with E-state index in [1.165, 1.54) is 135 Å². The summed E-state index contributed by atoms with van der Waals surface area (Å²) in [5, 5.41) is 9.60. The first-order valence-corrected chi connectivity index (χ1v) is 21.6. The molecule has 0 bridgehead atoms. The Bertz CT molecular complexity index is 813. The molecule has 51 heavy (non-hydrogen) atoms. The number of carbonyl (C=O) groups is 3. The van der Waals surface area contributed by atoms with E-state index in [0.717, 1.165) is 38.5 Å². The topological polar surface area (TPSA) is 99.1 Å². The predicted molar refractivity (Wildman–Crippen MR) is 211 cm³/mol. The molecule has 0 aromatic rings. The lowest BCUT2D eigenvalue weighted by Gasteiger charge is -2.31. The molecular formula is C43H84NO7+. The molecule has 8 heteroatoms. The number of nitrogens with zero attached hydrogens (tertiary/aromatic N) is 1.